The highest BCUT2D eigenvalue weighted by atomic mass is 35.5. The molecule has 0 aliphatic rings. The molecule has 3 nitrogen and oxygen atoms in total. The Morgan fingerprint density at radius 1 is 0.565 bits per heavy atom. The molecule has 0 unspecified atom stereocenters. The Kier molecular flexibility index (Phi) is 8.03. The van der Waals surface area contributed by atoms with Crippen LogP contribution in [0.15, 0.2) is 78.9 Å². The first-order valence-electron chi connectivity index (χ1n) is 6.60. The van der Waals surface area contributed by atoms with Crippen molar-refractivity contribution in [2.45, 2.75) is 0 Å². The second kappa shape index (κ2) is 10.1. The molecule has 3 rings (SSSR count). The van der Waals surface area contributed by atoms with Gasteiger partial charge in [-0.15, -0.1) is 0 Å². The van der Waals surface area contributed by atoms with Gasteiger partial charge in [-0.2, -0.15) is 0 Å². The Hall–Kier alpha value is -2.72. The molecule has 0 aliphatic carbocycles. The van der Waals surface area contributed by atoms with E-state index < -0.39 is 0 Å². The highest BCUT2D eigenvalue weighted by Crippen LogP contribution is 2.12. The first-order valence-corrected chi connectivity index (χ1v) is 6.98. The monoisotopic (exact) mass is 334 g/mol. The van der Waals surface area contributed by atoms with Gasteiger partial charge in [0.05, 0.1) is 0 Å². The molecular weight excluding hydrogens is 319 g/mol. The zero-order valence-corrected chi connectivity index (χ0v) is 12.9. The summed E-state index contributed by atoms with van der Waals surface area (Å²) in [7, 11) is 0. The van der Waals surface area contributed by atoms with Crippen LogP contribution < -0.4 is 0 Å². The molecule has 0 atom stereocenters. The maximum atomic E-state index is 12.0. The Bertz CT molecular complexity index is 585. The van der Waals surface area contributed by atoms with Crippen LogP contribution in [-0.4, -0.2) is 15.3 Å². The lowest BCUT2D eigenvalue weighted by molar-refractivity contribution is 0.473. The smallest absolute Gasteiger partial charge is 0.123 e. The first kappa shape index (κ1) is 18.3. The van der Waals surface area contributed by atoms with Gasteiger partial charge in [0.15, 0.2) is 0 Å². The third-order valence-corrected chi connectivity index (χ3v) is 2.66. The molecular formula is C18H16ClFO3. The van der Waals surface area contributed by atoms with Crippen molar-refractivity contribution in [1.29, 1.82) is 0 Å². The topological polar surface area (TPSA) is 60.7 Å². The predicted octanol–water partition coefficient (Wildman–Crippen LogP) is 4.97. The van der Waals surface area contributed by atoms with Crippen LogP contribution in [0.25, 0.3) is 0 Å². The van der Waals surface area contributed by atoms with Crippen LogP contribution in [0, 0.1) is 5.82 Å². The minimum absolute atomic E-state index is 0.0893. The van der Waals surface area contributed by atoms with Gasteiger partial charge in [-0.3, -0.25) is 0 Å². The maximum Gasteiger partial charge on any atom is 0.123 e. The average Bonchev–Trinajstić information content (AvgIpc) is 2.55. The standard InChI is InChI=1S/C6H5ClO.C6H5FO.C6H6O/c2*7-5-1-3-6(8)4-2-5;7-6-4-2-1-3-5-6/h2*1-4,8H;1-5,7H. The van der Waals surface area contributed by atoms with Crippen molar-refractivity contribution in [3.8, 4) is 17.2 Å². The Balaban J connectivity index is 0.000000173. The molecule has 0 aromatic heterocycles. The van der Waals surface area contributed by atoms with Crippen LogP contribution in [0.2, 0.25) is 5.02 Å². The van der Waals surface area contributed by atoms with E-state index in [-0.39, 0.29) is 17.3 Å². The molecule has 0 spiro atoms. The molecule has 0 heterocycles. The van der Waals surface area contributed by atoms with Gasteiger partial charge in [-0.05, 0) is 60.7 Å². The molecule has 0 fully saturated rings. The van der Waals surface area contributed by atoms with E-state index in [1.807, 2.05) is 6.07 Å². The van der Waals surface area contributed by atoms with Gasteiger partial charge in [-0.25, -0.2) is 4.39 Å². The van der Waals surface area contributed by atoms with E-state index in [4.69, 9.17) is 26.9 Å². The van der Waals surface area contributed by atoms with Gasteiger partial charge in [0.2, 0.25) is 0 Å². The lowest BCUT2D eigenvalue weighted by Crippen LogP contribution is -1.67. The Morgan fingerprint density at radius 3 is 1.26 bits per heavy atom. The molecule has 5 heteroatoms. The molecule has 3 aromatic carbocycles. The summed E-state index contributed by atoms with van der Waals surface area (Å²) in [5, 5.41) is 26.6. The minimum Gasteiger partial charge on any atom is -0.508 e. The normalized spacial score (nSPS) is 8.96. The van der Waals surface area contributed by atoms with E-state index in [1.54, 1.807) is 48.5 Å². The highest BCUT2D eigenvalue weighted by molar-refractivity contribution is 6.30. The minimum atomic E-state index is -0.331. The van der Waals surface area contributed by atoms with Gasteiger partial charge < -0.3 is 15.3 Å². The van der Waals surface area contributed by atoms with E-state index in [9.17, 15) is 4.39 Å². The second-order valence-electron chi connectivity index (χ2n) is 4.29. The number of phenolic OH excluding ortho intramolecular Hbond substituents is 3. The quantitative estimate of drug-likeness (QED) is 0.544. The van der Waals surface area contributed by atoms with Gasteiger partial charge >= 0.3 is 0 Å². The maximum absolute atomic E-state index is 12.0. The number of para-hydroxylation sites is 1. The van der Waals surface area contributed by atoms with E-state index >= 15 is 0 Å². The van der Waals surface area contributed by atoms with E-state index in [0.717, 1.165) is 0 Å². The third kappa shape index (κ3) is 9.01. The summed E-state index contributed by atoms with van der Waals surface area (Å²) in [6, 6.07) is 20.1. The summed E-state index contributed by atoms with van der Waals surface area (Å²) in [6.45, 7) is 0. The van der Waals surface area contributed by atoms with E-state index in [2.05, 4.69) is 0 Å². The Morgan fingerprint density at radius 2 is 0.957 bits per heavy atom. The molecule has 0 radical (unpaired) electrons. The molecule has 0 saturated heterocycles. The summed E-state index contributed by atoms with van der Waals surface area (Å²) in [5.74, 6) is 0.325. The zero-order chi connectivity index (χ0) is 17.1. The summed E-state index contributed by atoms with van der Waals surface area (Å²) in [5.41, 5.74) is 0. The molecule has 0 saturated carbocycles. The largest absolute Gasteiger partial charge is 0.508 e. The van der Waals surface area contributed by atoms with Crippen molar-refractivity contribution in [1.82, 2.24) is 0 Å². The number of rotatable bonds is 0. The Labute approximate surface area is 138 Å². The fraction of sp³-hybridized carbons (Fsp3) is 0. The van der Waals surface area contributed by atoms with Crippen molar-refractivity contribution in [2.75, 3.05) is 0 Å². The molecule has 3 N–H and O–H groups in total. The summed E-state index contributed by atoms with van der Waals surface area (Å²) >= 11 is 5.50. The van der Waals surface area contributed by atoms with Crippen molar-refractivity contribution >= 4 is 11.6 Å². The van der Waals surface area contributed by atoms with Crippen molar-refractivity contribution < 1.29 is 19.7 Å². The van der Waals surface area contributed by atoms with Gasteiger partial charge in [-0.1, -0.05) is 29.8 Å². The lowest BCUT2D eigenvalue weighted by Gasteiger charge is -1.87. The van der Waals surface area contributed by atoms with Gasteiger partial charge in [0, 0.05) is 5.02 Å². The SMILES string of the molecule is Oc1ccc(Cl)cc1.Oc1ccc(F)cc1.Oc1ccccc1. The number of hydrogen-bond acceptors (Lipinski definition) is 3. The van der Waals surface area contributed by atoms with Crippen LogP contribution in [0.5, 0.6) is 17.2 Å². The van der Waals surface area contributed by atoms with Crippen LogP contribution >= 0.6 is 11.6 Å². The molecule has 23 heavy (non-hydrogen) atoms. The van der Waals surface area contributed by atoms with Gasteiger partial charge in [0.25, 0.3) is 0 Å². The molecule has 0 bridgehead atoms. The van der Waals surface area contributed by atoms with E-state index in [1.165, 1.54) is 24.3 Å². The third-order valence-electron chi connectivity index (χ3n) is 2.41. The van der Waals surface area contributed by atoms with Crippen molar-refractivity contribution in [2.24, 2.45) is 0 Å². The number of benzene rings is 3. The fourth-order valence-corrected chi connectivity index (χ4v) is 1.44. The van der Waals surface area contributed by atoms with Crippen LogP contribution in [0.4, 0.5) is 4.39 Å². The van der Waals surface area contributed by atoms with E-state index in [0.29, 0.717) is 10.8 Å². The van der Waals surface area contributed by atoms with Crippen LogP contribution in [0.1, 0.15) is 0 Å². The second-order valence-corrected chi connectivity index (χ2v) is 4.72. The number of aromatic hydroxyl groups is 3. The predicted molar refractivity (Wildman–Crippen MR) is 89.3 cm³/mol. The molecule has 0 amide bonds. The fourth-order valence-electron chi connectivity index (χ4n) is 1.31. The van der Waals surface area contributed by atoms with Crippen molar-refractivity contribution in [3.05, 3.63) is 89.7 Å². The lowest BCUT2D eigenvalue weighted by atomic mass is 10.3. The summed E-state index contributed by atoms with van der Waals surface area (Å²) in [6.07, 6.45) is 0. The summed E-state index contributed by atoms with van der Waals surface area (Å²) < 4.78 is 12.0. The number of halogens is 2. The molecule has 0 aliphatic heterocycles. The van der Waals surface area contributed by atoms with Crippen LogP contribution in [0.3, 0.4) is 0 Å². The number of hydrogen-bond donors (Lipinski definition) is 3. The average molecular weight is 335 g/mol. The molecule has 3 aromatic rings. The van der Waals surface area contributed by atoms with Crippen LogP contribution in [-0.2, 0) is 0 Å². The number of phenols is 3. The van der Waals surface area contributed by atoms with Gasteiger partial charge in [0.1, 0.15) is 23.1 Å². The zero-order valence-electron chi connectivity index (χ0n) is 12.1. The van der Waals surface area contributed by atoms with Crippen molar-refractivity contribution in [3.63, 3.8) is 0 Å². The first-order chi connectivity index (χ1) is 11.0. The summed E-state index contributed by atoms with van der Waals surface area (Å²) in [4.78, 5) is 0. The highest BCUT2D eigenvalue weighted by Gasteiger charge is 1.85. The molecule has 120 valence electrons.